The fourth-order valence-electron chi connectivity index (χ4n) is 1.67. The topological polar surface area (TPSA) is 84.7 Å². The highest BCUT2D eigenvalue weighted by Gasteiger charge is 2.20. The molecule has 1 fully saturated rings. The van der Waals surface area contributed by atoms with E-state index in [9.17, 15) is 9.59 Å². The molecule has 18 heavy (non-hydrogen) atoms. The van der Waals surface area contributed by atoms with Crippen molar-refractivity contribution in [3.63, 3.8) is 0 Å². The summed E-state index contributed by atoms with van der Waals surface area (Å²) < 4.78 is 10.1. The van der Waals surface area contributed by atoms with E-state index < -0.39 is 5.97 Å². The van der Waals surface area contributed by atoms with Crippen LogP contribution in [0, 0.1) is 0 Å². The Morgan fingerprint density at radius 2 is 2.44 bits per heavy atom. The molecule has 7 heteroatoms. The minimum atomic E-state index is -0.503. The van der Waals surface area contributed by atoms with E-state index in [-0.39, 0.29) is 11.6 Å². The third-order valence-corrected chi connectivity index (χ3v) is 2.56. The Morgan fingerprint density at radius 1 is 1.61 bits per heavy atom. The molecule has 0 atom stereocenters. The van der Waals surface area contributed by atoms with Crippen molar-refractivity contribution >= 4 is 17.9 Å². The van der Waals surface area contributed by atoms with Gasteiger partial charge in [0.2, 0.25) is 5.91 Å². The van der Waals surface area contributed by atoms with Crippen LogP contribution in [0.4, 0.5) is 6.01 Å². The summed E-state index contributed by atoms with van der Waals surface area (Å²) in [5, 5.41) is 2.75. The molecular formula is C11H15N3O4. The number of amides is 1. The van der Waals surface area contributed by atoms with Crippen molar-refractivity contribution in [1.29, 1.82) is 0 Å². The summed E-state index contributed by atoms with van der Waals surface area (Å²) in [6.45, 7) is 3.69. The normalized spacial score (nSPS) is 16.1. The number of carbonyl (C=O) groups excluding carboxylic acids is 2. The van der Waals surface area contributed by atoms with Crippen LogP contribution in [0.15, 0.2) is 10.7 Å². The zero-order chi connectivity index (χ0) is 13.0. The van der Waals surface area contributed by atoms with Crippen LogP contribution in [0.1, 0.15) is 23.8 Å². The minimum Gasteiger partial charge on any atom is -0.461 e. The molecule has 1 N–H and O–H groups in total. The van der Waals surface area contributed by atoms with Gasteiger partial charge >= 0.3 is 5.97 Å². The lowest BCUT2D eigenvalue weighted by atomic mass is 10.4. The predicted octanol–water partition coefficient (Wildman–Crippen LogP) is 0.178. The van der Waals surface area contributed by atoms with Crippen LogP contribution in [-0.4, -0.2) is 43.1 Å². The van der Waals surface area contributed by atoms with E-state index in [0.717, 1.165) is 0 Å². The summed E-state index contributed by atoms with van der Waals surface area (Å²) in [4.78, 5) is 28.5. The highest BCUT2D eigenvalue weighted by Crippen LogP contribution is 2.15. The number of aromatic nitrogens is 1. The number of hydrogen-bond acceptors (Lipinski definition) is 6. The maximum atomic E-state index is 11.4. The highest BCUT2D eigenvalue weighted by molar-refractivity contribution is 5.87. The molecule has 1 aliphatic heterocycles. The fraction of sp³-hybridized carbons (Fsp3) is 0.545. The van der Waals surface area contributed by atoms with Crippen LogP contribution >= 0.6 is 0 Å². The summed E-state index contributed by atoms with van der Waals surface area (Å²) in [7, 11) is 0. The summed E-state index contributed by atoms with van der Waals surface area (Å²) in [6.07, 6.45) is 1.66. The quantitative estimate of drug-likeness (QED) is 0.773. The van der Waals surface area contributed by atoms with Gasteiger partial charge in [-0.3, -0.25) is 4.79 Å². The first-order chi connectivity index (χ1) is 8.70. The summed E-state index contributed by atoms with van der Waals surface area (Å²) in [5.74, 6) is -0.494. The monoisotopic (exact) mass is 253 g/mol. The fourth-order valence-corrected chi connectivity index (χ4v) is 1.67. The maximum Gasteiger partial charge on any atom is 0.360 e. The number of nitrogens with zero attached hydrogens (tertiary/aromatic N) is 2. The number of anilines is 1. The number of carbonyl (C=O) groups is 2. The summed E-state index contributed by atoms with van der Waals surface area (Å²) in [5.41, 5.74) is 0.149. The Hall–Kier alpha value is -2.05. The lowest BCUT2D eigenvalue weighted by molar-refractivity contribution is -0.120. The van der Waals surface area contributed by atoms with Gasteiger partial charge in [0, 0.05) is 26.1 Å². The molecule has 7 nitrogen and oxygen atoms in total. The third-order valence-electron chi connectivity index (χ3n) is 2.56. The van der Waals surface area contributed by atoms with E-state index in [4.69, 9.17) is 9.15 Å². The van der Waals surface area contributed by atoms with Gasteiger partial charge in [0.1, 0.15) is 6.26 Å². The van der Waals surface area contributed by atoms with Crippen LogP contribution < -0.4 is 10.2 Å². The van der Waals surface area contributed by atoms with Gasteiger partial charge in [-0.2, -0.15) is 4.98 Å². The van der Waals surface area contributed by atoms with Crippen LogP contribution in [0.2, 0.25) is 0 Å². The van der Waals surface area contributed by atoms with Crippen LogP contribution in [0.5, 0.6) is 0 Å². The molecule has 98 valence electrons. The molecule has 1 aromatic heterocycles. The van der Waals surface area contributed by atoms with Gasteiger partial charge in [-0.15, -0.1) is 0 Å². The van der Waals surface area contributed by atoms with E-state index in [1.807, 2.05) is 4.90 Å². The van der Waals surface area contributed by atoms with Crippen molar-refractivity contribution in [3.8, 4) is 0 Å². The first-order valence-electron chi connectivity index (χ1n) is 5.85. The van der Waals surface area contributed by atoms with Gasteiger partial charge in [0.05, 0.1) is 6.61 Å². The van der Waals surface area contributed by atoms with E-state index in [0.29, 0.717) is 38.7 Å². The third kappa shape index (κ3) is 2.79. The van der Waals surface area contributed by atoms with Gasteiger partial charge in [-0.05, 0) is 6.92 Å². The Morgan fingerprint density at radius 3 is 3.22 bits per heavy atom. The first kappa shape index (κ1) is 12.4. The standard InChI is InChI=1S/C11H15N3O4/c1-2-17-10(16)8-7-18-11(13-8)14-5-3-9(15)12-4-6-14/h7H,2-6H2,1H3,(H,12,15). The SMILES string of the molecule is CCOC(=O)c1coc(N2CCNC(=O)CC2)n1. The molecule has 1 saturated heterocycles. The summed E-state index contributed by atoms with van der Waals surface area (Å²) >= 11 is 0. The molecule has 1 amide bonds. The van der Waals surface area contributed by atoms with E-state index in [2.05, 4.69) is 10.3 Å². The molecule has 0 bridgehead atoms. The molecular weight excluding hydrogens is 238 g/mol. The number of rotatable bonds is 3. The second-order valence-corrected chi connectivity index (χ2v) is 3.82. The zero-order valence-corrected chi connectivity index (χ0v) is 10.1. The second kappa shape index (κ2) is 5.52. The molecule has 1 aliphatic rings. The number of hydrogen-bond donors (Lipinski definition) is 1. The molecule has 0 spiro atoms. The van der Waals surface area contributed by atoms with Crippen molar-refractivity contribution in [3.05, 3.63) is 12.0 Å². The largest absolute Gasteiger partial charge is 0.461 e. The zero-order valence-electron chi connectivity index (χ0n) is 10.1. The van der Waals surface area contributed by atoms with Gasteiger partial charge in [-0.25, -0.2) is 4.79 Å². The van der Waals surface area contributed by atoms with Crippen molar-refractivity contribution in [2.24, 2.45) is 0 Å². The average molecular weight is 253 g/mol. The van der Waals surface area contributed by atoms with Crippen molar-refractivity contribution < 1.29 is 18.7 Å². The molecule has 0 saturated carbocycles. The Balaban J connectivity index is 2.04. The van der Waals surface area contributed by atoms with E-state index in [1.54, 1.807) is 6.92 Å². The first-order valence-corrected chi connectivity index (χ1v) is 5.85. The van der Waals surface area contributed by atoms with Crippen molar-refractivity contribution in [2.45, 2.75) is 13.3 Å². The molecule has 0 aliphatic carbocycles. The predicted molar refractivity (Wildman–Crippen MR) is 62.3 cm³/mol. The second-order valence-electron chi connectivity index (χ2n) is 3.82. The molecule has 0 aromatic carbocycles. The lowest BCUT2D eigenvalue weighted by Gasteiger charge is -2.15. The Kier molecular flexibility index (Phi) is 3.81. The van der Waals surface area contributed by atoms with Crippen LogP contribution in [0.25, 0.3) is 0 Å². The molecule has 2 heterocycles. The molecule has 0 unspecified atom stereocenters. The maximum absolute atomic E-state index is 11.4. The van der Waals surface area contributed by atoms with E-state index >= 15 is 0 Å². The molecule has 1 aromatic rings. The van der Waals surface area contributed by atoms with Gasteiger partial charge < -0.3 is 19.4 Å². The van der Waals surface area contributed by atoms with Crippen LogP contribution in [0.3, 0.4) is 0 Å². The summed E-state index contributed by atoms with van der Waals surface area (Å²) in [6, 6.07) is 0.342. The van der Waals surface area contributed by atoms with Crippen molar-refractivity contribution in [1.82, 2.24) is 10.3 Å². The van der Waals surface area contributed by atoms with Gasteiger partial charge in [0.15, 0.2) is 5.69 Å². The molecule has 2 rings (SSSR count). The van der Waals surface area contributed by atoms with Gasteiger partial charge in [-0.1, -0.05) is 0 Å². The smallest absolute Gasteiger partial charge is 0.360 e. The minimum absolute atomic E-state index is 0.00896. The Labute approximate surface area is 104 Å². The average Bonchev–Trinajstić information content (AvgIpc) is 2.74. The Bertz CT molecular complexity index is 443. The van der Waals surface area contributed by atoms with Crippen molar-refractivity contribution in [2.75, 3.05) is 31.1 Å². The number of nitrogens with one attached hydrogen (secondary N) is 1. The highest BCUT2D eigenvalue weighted by atomic mass is 16.5. The lowest BCUT2D eigenvalue weighted by Crippen LogP contribution is -2.28. The van der Waals surface area contributed by atoms with Gasteiger partial charge in [0.25, 0.3) is 6.01 Å². The number of oxazole rings is 1. The number of ether oxygens (including phenoxy) is 1. The van der Waals surface area contributed by atoms with E-state index in [1.165, 1.54) is 6.26 Å². The molecule has 0 radical (unpaired) electrons. The number of esters is 1. The van der Waals surface area contributed by atoms with Crippen LogP contribution in [-0.2, 0) is 9.53 Å².